The van der Waals surface area contributed by atoms with Crippen molar-refractivity contribution in [1.82, 2.24) is 9.97 Å². The molecule has 94 valence electrons. The lowest BCUT2D eigenvalue weighted by Gasteiger charge is -2.10. The number of aryl methyl sites for hydroxylation is 1. The molecule has 0 aliphatic rings. The Morgan fingerprint density at radius 1 is 1.28 bits per heavy atom. The van der Waals surface area contributed by atoms with Crippen molar-refractivity contribution in [2.45, 2.75) is 20.3 Å². The minimum Gasteiger partial charge on any atom is -0.435 e. The van der Waals surface area contributed by atoms with Gasteiger partial charge in [-0.1, -0.05) is 30.7 Å². The molecule has 0 bridgehead atoms. The van der Waals surface area contributed by atoms with Crippen molar-refractivity contribution >= 4 is 11.6 Å². The van der Waals surface area contributed by atoms with Gasteiger partial charge in [0.2, 0.25) is 5.88 Å². The highest BCUT2D eigenvalue weighted by Gasteiger charge is 2.12. The molecular weight excluding hydrogens is 255 g/mol. The first-order valence-electron chi connectivity index (χ1n) is 5.57. The van der Waals surface area contributed by atoms with Gasteiger partial charge in [-0.05, 0) is 19.1 Å². The van der Waals surface area contributed by atoms with Crippen molar-refractivity contribution in [3.05, 3.63) is 46.6 Å². The first-order chi connectivity index (χ1) is 8.61. The quantitative estimate of drug-likeness (QED) is 0.790. The van der Waals surface area contributed by atoms with Gasteiger partial charge in [-0.3, -0.25) is 0 Å². The molecule has 0 N–H and O–H groups in total. The van der Waals surface area contributed by atoms with Gasteiger partial charge in [0, 0.05) is 12.0 Å². The third kappa shape index (κ3) is 2.59. The lowest BCUT2D eigenvalue weighted by atomic mass is 10.3. The highest BCUT2D eigenvalue weighted by molar-refractivity contribution is 6.30. The maximum absolute atomic E-state index is 13.5. The standard InChI is InChI=1S/C13H12ClFN2O/c1-3-11-16-12(14)8(2)13(17-11)18-10-7-5-4-6-9(10)15/h4-7H,3H2,1-2H3. The summed E-state index contributed by atoms with van der Waals surface area (Å²) < 4.78 is 18.9. The SMILES string of the molecule is CCc1nc(Cl)c(C)c(Oc2ccccc2F)n1. The van der Waals surface area contributed by atoms with Crippen molar-refractivity contribution in [2.75, 3.05) is 0 Å². The highest BCUT2D eigenvalue weighted by Crippen LogP contribution is 2.28. The summed E-state index contributed by atoms with van der Waals surface area (Å²) in [5, 5.41) is 0.327. The second-order valence-electron chi connectivity index (χ2n) is 3.75. The number of hydrogen-bond donors (Lipinski definition) is 0. The second kappa shape index (κ2) is 5.31. The maximum atomic E-state index is 13.5. The van der Waals surface area contributed by atoms with Crippen LogP contribution in [0.15, 0.2) is 24.3 Å². The summed E-state index contributed by atoms with van der Waals surface area (Å²) >= 11 is 5.98. The second-order valence-corrected chi connectivity index (χ2v) is 4.10. The van der Waals surface area contributed by atoms with Crippen molar-refractivity contribution in [1.29, 1.82) is 0 Å². The molecule has 0 radical (unpaired) electrons. The van der Waals surface area contributed by atoms with E-state index in [1.54, 1.807) is 19.1 Å². The van der Waals surface area contributed by atoms with Crippen LogP contribution in [0.1, 0.15) is 18.3 Å². The Balaban J connectivity index is 2.40. The van der Waals surface area contributed by atoms with Crippen LogP contribution in [0.25, 0.3) is 0 Å². The number of rotatable bonds is 3. The molecule has 0 aliphatic carbocycles. The molecular formula is C13H12ClFN2O. The van der Waals surface area contributed by atoms with E-state index in [1.807, 2.05) is 6.92 Å². The molecule has 0 unspecified atom stereocenters. The normalized spacial score (nSPS) is 10.4. The molecule has 0 saturated heterocycles. The van der Waals surface area contributed by atoms with E-state index in [1.165, 1.54) is 12.1 Å². The zero-order valence-electron chi connectivity index (χ0n) is 10.1. The molecule has 2 aromatic rings. The Hall–Kier alpha value is -1.68. The van der Waals surface area contributed by atoms with Crippen molar-refractivity contribution in [3.63, 3.8) is 0 Å². The largest absolute Gasteiger partial charge is 0.435 e. The van der Waals surface area contributed by atoms with Crippen LogP contribution in [0.3, 0.4) is 0 Å². The van der Waals surface area contributed by atoms with Crippen molar-refractivity contribution in [3.8, 4) is 11.6 Å². The van der Waals surface area contributed by atoms with Gasteiger partial charge in [0.05, 0.1) is 0 Å². The molecule has 0 saturated carbocycles. The van der Waals surface area contributed by atoms with Gasteiger partial charge in [0.15, 0.2) is 11.6 Å². The first kappa shape index (κ1) is 12.8. The molecule has 0 aliphatic heterocycles. The van der Waals surface area contributed by atoms with Crippen LogP contribution in [0, 0.1) is 12.7 Å². The van der Waals surface area contributed by atoms with Gasteiger partial charge in [-0.15, -0.1) is 0 Å². The fourth-order valence-corrected chi connectivity index (χ4v) is 1.58. The predicted octanol–water partition coefficient (Wildman–Crippen LogP) is 3.93. The van der Waals surface area contributed by atoms with Gasteiger partial charge in [-0.25, -0.2) is 9.37 Å². The summed E-state index contributed by atoms with van der Waals surface area (Å²) in [7, 11) is 0. The number of hydrogen-bond acceptors (Lipinski definition) is 3. The molecule has 1 aromatic heterocycles. The Kier molecular flexibility index (Phi) is 3.77. The molecule has 1 heterocycles. The van der Waals surface area contributed by atoms with Crippen molar-refractivity contribution < 1.29 is 9.13 Å². The Morgan fingerprint density at radius 2 is 2.00 bits per heavy atom. The summed E-state index contributed by atoms with van der Waals surface area (Å²) in [4.78, 5) is 8.30. The zero-order chi connectivity index (χ0) is 13.1. The number of halogens is 2. The van der Waals surface area contributed by atoms with E-state index >= 15 is 0 Å². The first-order valence-corrected chi connectivity index (χ1v) is 5.95. The average Bonchev–Trinajstić information content (AvgIpc) is 2.37. The highest BCUT2D eigenvalue weighted by atomic mass is 35.5. The van der Waals surface area contributed by atoms with Crippen LogP contribution in [0.5, 0.6) is 11.6 Å². The van der Waals surface area contributed by atoms with E-state index in [-0.39, 0.29) is 11.6 Å². The summed E-state index contributed by atoms with van der Waals surface area (Å²) in [5.74, 6) is 0.538. The van der Waals surface area contributed by atoms with Gasteiger partial charge in [-0.2, -0.15) is 4.98 Å². The molecule has 0 spiro atoms. The Bertz CT molecular complexity index is 575. The average molecular weight is 267 g/mol. The smallest absolute Gasteiger partial charge is 0.227 e. The van der Waals surface area contributed by atoms with Crippen molar-refractivity contribution in [2.24, 2.45) is 0 Å². The summed E-state index contributed by atoms with van der Waals surface area (Å²) in [5.41, 5.74) is 0.595. The molecule has 0 amide bonds. The summed E-state index contributed by atoms with van der Waals surface area (Å²) in [6.45, 7) is 3.64. The third-order valence-electron chi connectivity index (χ3n) is 2.45. The minimum atomic E-state index is -0.440. The van der Waals surface area contributed by atoms with E-state index in [0.29, 0.717) is 23.0 Å². The van der Waals surface area contributed by atoms with E-state index in [2.05, 4.69) is 9.97 Å². The van der Waals surface area contributed by atoms with Gasteiger partial charge >= 0.3 is 0 Å². The number of para-hydroxylation sites is 1. The number of aromatic nitrogens is 2. The monoisotopic (exact) mass is 266 g/mol. The van der Waals surface area contributed by atoms with E-state index in [0.717, 1.165) is 0 Å². The minimum absolute atomic E-state index is 0.123. The molecule has 5 heteroatoms. The lowest BCUT2D eigenvalue weighted by molar-refractivity contribution is 0.421. The van der Waals surface area contributed by atoms with E-state index in [4.69, 9.17) is 16.3 Å². The Morgan fingerprint density at radius 3 is 2.67 bits per heavy atom. The van der Waals surface area contributed by atoms with Crippen LogP contribution >= 0.6 is 11.6 Å². The predicted molar refractivity (Wildman–Crippen MR) is 67.6 cm³/mol. The van der Waals surface area contributed by atoms with E-state index in [9.17, 15) is 4.39 Å². The van der Waals surface area contributed by atoms with Crippen LogP contribution in [0.2, 0.25) is 5.15 Å². The number of nitrogens with zero attached hydrogens (tertiary/aromatic N) is 2. The van der Waals surface area contributed by atoms with Crippen LogP contribution in [-0.2, 0) is 6.42 Å². The summed E-state index contributed by atoms with van der Waals surface area (Å²) in [6.07, 6.45) is 0.633. The molecule has 0 atom stereocenters. The maximum Gasteiger partial charge on any atom is 0.227 e. The van der Waals surface area contributed by atoms with Crippen LogP contribution in [-0.4, -0.2) is 9.97 Å². The van der Waals surface area contributed by atoms with Crippen LogP contribution < -0.4 is 4.74 Å². The zero-order valence-corrected chi connectivity index (χ0v) is 10.8. The topological polar surface area (TPSA) is 35.0 Å². The molecule has 0 fully saturated rings. The van der Waals surface area contributed by atoms with Gasteiger partial charge in [0.25, 0.3) is 0 Å². The Labute approximate surface area is 110 Å². The molecule has 18 heavy (non-hydrogen) atoms. The molecule has 2 rings (SSSR count). The van der Waals surface area contributed by atoms with Gasteiger partial charge < -0.3 is 4.74 Å². The van der Waals surface area contributed by atoms with Crippen LogP contribution in [0.4, 0.5) is 4.39 Å². The fraction of sp³-hybridized carbons (Fsp3) is 0.231. The summed E-state index contributed by atoms with van der Waals surface area (Å²) in [6, 6.07) is 6.15. The van der Waals surface area contributed by atoms with E-state index < -0.39 is 5.82 Å². The number of benzene rings is 1. The fourth-order valence-electron chi connectivity index (χ4n) is 1.40. The third-order valence-corrected chi connectivity index (χ3v) is 2.82. The number of ether oxygens (including phenoxy) is 1. The lowest BCUT2D eigenvalue weighted by Crippen LogP contribution is -2.00. The molecule has 3 nitrogen and oxygen atoms in total. The molecule has 1 aromatic carbocycles. The van der Waals surface area contributed by atoms with Gasteiger partial charge in [0.1, 0.15) is 11.0 Å².